The van der Waals surface area contributed by atoms with Gasteiger partial charge in [-0.3, -0.25) is 0 Å². The van der Waals surface area contributed by atoms with Crippen LogP contribution in [0.1, 0.15) is 5.56 Å². The average molecular weight is 222 g/mol. The normalized spacial score (nSPS) is 10.5. The summed E-state index contributed by atoms with van der Waals surface area (Å²) in [7, 11) is 0. The largest absolute Gasteiger partial charge is 0.793 e. The molecule has 2 aromatic rings. The minimum Gasteiger partial charge on any atom is -0.793 e. The molecule has 0 saturated carbocycles. The van der Waals surface area contributed by atoms with Gasteiger partial charge in [0, 0.05) is 0 Å². The van der Waals surface area contributed by atoms with Crippen molar-refractivity contribution in [2.75, 3.05) is 0 Å². The third-order valence-electron chi connectivity index (χ3n) is 2.04. The van der Waals surface area contributed by atoms with Crippen molar-refractivity contribution >= 4 is 11.7 Å². The van der Waals surface area contributed by atoms with Crippen molar-refractivity contribution in [2.45, 2.75) is 0 Å². The van der Waals surface area contributed by atoms with Crippen LogP contribution in [0.2, 0.25) is 0 Å². The molecule has 82 valence electrons. The van der Waals surface area contributed by atoms with Gasteiger partial charge in [0.05, 0.1) is 5.56 Å². The van der Waals surface area contributed by atoms with E-state index in [2.05, 4.69) is 15.9 Å². The SMILES string of the molecule is [O-]C(=Nc1ccccc1)[N+]#Cc1ccccc1. The van der Waals surface area contributed by atoms with Gasteiger partial charge in [0.1, 0.15) is 0 Å². The molecule has 0 fully saturated rings. The van der Waals surface area contributed by atoms with Crippen LogP contribution >= 0.6 is 0 Å². The minimum atomic E-state index is -0.556. The van der Waals surface area contributed by atoms with Crippen molar-refractivity contribution < 1.29 is 5.11 Å². The number of benzene rings is 2. The highest BCUT2D eigenvalue weighted by Gasteiger charge is 1.96. The summed E-state index contributed by atoms with van der Waals surface area (Å²) < 4.78 is 0. The summed E-state index contributed by atoms with van der Waals surface area (Å²) >= 11 is 0. The van der Waals surface area contributed by atoms with Crippen molar-refractivity contribution in [2.24, 2.45) is 4.99 Å². The van der Waals surface area contributed by atoms with E-state index < -0.39 is 6.02 Å². The molecule has 0 spiro atoms. The summed E-state index contributed by atoms with van der Waals surface area (Å²) in [5.74, 6) is 0. The van der Waals surface area contributed by atoms with E-state index in [0.29, 0.717) is 5.69 Å². The highest BCUT2D eigenvalue weighted by Crippen LogP contribution is 2.09. The number of nitrogens with zero attached hydrogens (tertiary/aromatic N) is 2. The predicted octanol–water partition coefficient (Wildman–Crippen LogP) is 2.42. The molecule has 0 aliphatic carbocycles. The Morgan fingerprint density at radius 2 is 1.53 bits per heavy atom. The summed E-state index contributed by atoms with van der Waals surface area (Å²) in [6.45, 7) is 0. The maximum Gasteiger partial charge on any atom is 0.382 e. The first-order chi connectivity index (χ1) is 8.34. The number of aliphatic imine (C=N–C) groups is 1. The van der Waals surface area contributed by atoms with Crippen molar-refractivity contribution in [3.63, 3.8) is 0 Å². The summed E-state index contributed by atoms with van der Waals surface area (Å²) in [4.78, 5) is 7.44. The minimum absolute atomic E-state index is 0.556. The van der Waals surface area contributed by atoms with Crippen LogP contribution in [-0.2, 0) is 0 Å². The second-order valence-corrected chi connectivity index (χ2v) is 3.32. The van der Waals surface area contributed by atoms with Crippen molar-refractivity contribution in [3.8, 4) is 6.07 Å². The number of hydrogen-bond donors (Lipinski definition) is 0. The average Bonchev–Trinajstić information content (AvgIpc) is 2.39. The van der Waals surface area contributed by atoms with Crippen LogP contribution in [0.3, 0.4) is 0 Å². The fourth-order valence-corrected chi connectivity index (χ4v) is 1.26. The van der Waals surface area contributed by atoms with Crippen molar-refractivity contribution in [1.82, 2.24) is 0 Å². The lowest BCUT2D eigenvalue weighted by atomic mass is 10.2. The first kappa shape index (κ1) is 10.9. The second-order valence-electron chi connectivity index (χ2n) is 3.32. The second kappa shape index (κ2) is 5.47. The molecule has 0 atom stereocenters. The zero-order chi connectivity index (χ0) is 11.9. The Morgan fingerprint density at radius 3 is 2.18 bits per heavy atom. The molecule has 2 aromatic carbocycles. The molecule has 0 heterocycles. The zero-order valence-electron chi connectivity index (χ0n) is 9.08. The van der Waals surface area contributed by atoms with E-state index in [4.69, 9.17) is 0 Å². The summed E-state index contributed by atoms with van der Waals surface area (Å²) in [6.07, 6.45) is 0. The molecule has 3 nitrogen and oxygen atoms in total. The maximum absolute atomic E-state index is 11.4. The van der Waals surface area contributed by atoms with E-state index in [1.807, 2.05) is 48.5 Å². The molecular weight excluding hydrogens is 212 g/mol. The molecule has 0 aliphatic heterocycles. The number of rotatable bonds is 1. The van der Waals surface area contributed by atoms with Crippen LogP contribution in [-0.4, -0.2) is 6.02 Å². The zero-order valence-corrected chi connectivity index (χ0v) is 9.08. The Kier molecular flexibility index (Phi) is 3.51. The Morgan fingerprint density at radius 1 is 0.941 bits per heavy atom. The maximum atomic E-state index is 11.4. The summed E-state index contributed by atoms with van der Waals surface area (Å²) in [6, 6.07) is 20.3. The number of amidine groups is 1. The van der Waals surface area contributed by atoms with Crippen molar-refractivity contribution in [1.29, 1.82) is 0 Å². The van der Waals surface area contributed by atoms with E-state index in [1.54, 1.807) is 12.1 Å². The summed E-state index contributed by atoms with van der Waals surface area (Å²) in [5, 5.41) is 11.4. The molecule has 0 aliphatic rings. The molecule has 0 aromatic heterocycles. The Hall–Kier alpha value is -2.60. The van der Waals surface area contributed by atoms with E-state index >= 15 is 0 Å². The highest BCUT2D eigenvalue weighted by atomic mass is 16.3. The molecule has 17 heavy (non-hydrogen) atoms. The molecule has 0 bridgehead atoms. The molecule has 0 radical (unpaired) electrons. The smallest absolute Gasteiger partial charge is 0.382 e. The fraction of sp³-hybridized carbons (Fsp3) is 0. The lowest BCUT2D eigenvalue weighted by molar-refractivity contribution is -0.212. The third-order valence-corrected chi connectivity index (χ3v) is 2.04. The molecule has 0 amide bonds. The van der Waals surface area contributed by atoms with Crippen LogP contribution in [0.5, 0.6) is 0 Å². The molecule has 2 rings (SSSR count). The Bertz CT molecular complexity index is 565. The first-order valence-corrected chi connectivity index (χ1v) is 5.17. The first-order valence-electron chi connectivity index (χ1n) is 5.17. The lowest BCUT2D eigenvalue weighted by Gasteiger charge is -1.88. The van der Waals surface area contributed by atoms with E-state index in [1.165, 1.54) is 0 Å². The standard InChI is InChI=1S/C14H10N2O/c17-14(16-13-9-5-2-6-10-13)15-11-12-7-3-1-4-8-12/h1-10H. The van der Waals surface area contributed by atoms with Gasteiger partial charge in [-0.05, 0) is 29.3 Å². The predicted molar refractivity (Wildman–Crippen MR) is 66.3 cm³/mol. The Balaban J connectivity index is 2.15. The van der Waals surface area contributed by atoms with Crippen LogP contribution in [0.4, 0.5) is 5.69 Å². The Labute approximate surface area is 99.5 Å². The van der Waals surface area contributed by atoms with E-state index in [9.17, 15) is 5.11 Å². The van der Waals surface area contributed by atoms with Gasteiger partial charge in [0.15, 0.2) is 11.8 Å². The third kappa shape index (κ3) is 3.47. The summed E-state index contributed by atoms with van der Waals surface area (Å²) in [5.41, 5.74) is 1.35. The quantitative estimate of drug-likeness (QED) is 0.539. The number of hydrogen-bond acceptors (Lipinski definition) is 2. The van der Waals surface area contributed by atoms with Crippen LogP contribution < -0.4 is 5.11 Å². The van der Waals surface area contributed by atoms with E-state index in [-0.39, 0.29) is 0 Å². The molecule has 0 saturated heterocycles. The van der Waals surface area contributed by atoms with Gasteiger partial charge in [-0.15, -0.1) is 0 Å². The van der Waals surface area contributed by atoms with Crippen LogP contribution in [0.15, 0.2) is 65.7 Å². The topological polar surface area (TPSA) is 39.8 Å². The molecule has 3 heteroatoms. The van der Waals surface area contributed by atoms with Gasteiger partial charge in [-0.2, -0.15) is 4.85 Å². The van der Waals surface area contributed by atoms with Gasteiger partial charge in [0.25, 0.3) is 0 Å². The molecule has 0 unspecified atom stereocenters. The number of para-hydroxylation sites is 1. The molecule has 0 N–H and O–H groups in total. The highest BCUT2D eigenvalue weighted by molar-refractivity contribution is 5.83. The van der Waals surface area contributed by atoms with E-state index in [0.717, 1.165) is 5.56 Å². The van der Waals surface area contributed by atoms with Gasteiger partial charge < -0.3 is 5.11 Å². The van der Waals surface area contributed by atoms with Crippen molar-refractivity contribution in [3.05, 3.63) is 71.1 Å². The van der Waals surface area contributed by atoms with Crippen LogP contribution in [0, 0.1) is 6.07 Å². The monoisotopic (exact) mass is 222 g/mol. The van der Waals surface area contributed by atoms with Gasteiger partial charge in [-0.1, -0.05) is 36.4 Å². The fourth-order valence-electron chi connectivity index (χ4n) is 1.26. The molecular formula is C14H10N2O. The van der Waals surface area contributed by atoms with Gasteiger partial charge in [-0.25, -0.2) is 0 Å². The lowest BCUT2D eigenvalue weighted by Crippen LogP contribution is -2.11. The van der Waals surface area contributed by atoms with Gasteiger partial charge >= 0.3 is 6.02 Å². The van der Waals surface area contributed by atoms with Crippen LogP contribution in [0.25, 0.3) is 4.85 Å². The van der Waals surface area contributed by atoms with Gasteiger partial charge in [0.2, 0.25) is 0 Å².